The molecule has 1 rings (SSSR count). The van der Waals surface area contributed by atoms with E-state index in [1.807, 2.05) is 6.92 Å². The van der Waals surface area contributed by atoms with Gasteiger partial charge in [0, 0.05) is 11.8 Å². The van der Waals surface area contributed by atoms with Gasteiger partial charge in [0.15, 0.2) is 11.5 Å². The van der Waals surface area contributed by atoms with E-state index in [0.717, 1.165) is 0 Å². The minimum atomic E-state index is -0.244. The number of nitrogens with two attached hydrogens (primary N) is 1. The first-order valence-electron chi connectivity index (χ1n) is 5.02. The Labute approximate surface area is 107 Å². The van der Waals surface area contributed by atoms with E-state index in [2.05, 4.69) is 5.32 Å². The topological polar surface area (TPSA) is 73.6 Å². The molecule has 0 aromatic heterocycles. The van der Waals surface area contributed by atoms with E-state index < -0.39 is 0 Å². The first kappa shape index (κ1) is 15.5. The average molecular weight is 261 g/mol. The highest BCUT2D eigenvalue weighted by Crippen LogP contribution is 2.29. The number of carbonyl (C=O) groups excluding carboxylic acids is 1. The van der Waals surface area contributed by atoms with Gasteiger partial charge in [-0.3, -0.25) is 4.79 Å². The third kappa shape index (κ3) is 4.50. The molecule has 0 aliphatic carbocycles. The minimum absolute atomic E-state index is 0. The summed E-state index contributed by atoms with van der Waals surface area (Å²) in [5.74, 6) is 0.985. The summed E-state index contributed by atoms with van der Waals surface area (Å²) in [6.45, 7) is 2.41. The number of benzene rings is 1. The standard InChI is InChI=1S/C11H16N2O3.ClH/c1-3-16-9-5-4-8(6-10(9)15-2)13-11(14)7-12;/h4-6H,3,7,12H2,1-2H3,(H,13,14);1H. The van der Waals surface area contributed by atoms with Gasteiger partial charge in [0.05, 0.1) is 20.3 Å². The lowest BCUT2D eigenvalue weighted by Gasteiger charge is -2.11. The molecule has 1 aromatic rings. The lowest BCUT2D eigenvalue weighted by Crippen LogP contribution is -2.21. The summed E-state index contributed by atoms with van der Waals surface area (Å²) < 4.78 is 10.5. The zero-order chi connectivity index (χ0) is 12.0. The van der Waals surface area contributed by atoms with E-state index in [1.165, 1.54) is 0 Å². The van der Waals surface area contributed by atoms with Crippen molar-refractivity contribution in [3.8, 4) is 11.5 Å². The molecule has 0 spiro atoms. The molecule has 1 aromatic carbocycles. The maximum atomic E-state index is 11.1. The Morgan fingerprint density at radius 2 is 2.12 bits per heavy atom. The van der Waals surface area contributed by atoms with Gasteiger partial charge in [-0.15, -0.1) is 12.4 Å². The average Bonchev–Trinajstić information content (AvgIpc) is 2.31. The Bertz CT molecular complexity index is 372. The molecule has 0 aliphatic rings. The normalized spacial score (nSPS) is 9.12. The highest BCUT2D eigenvalue weighted by molar-refractivity contribution is 5.92. The molecule has 0 unspecified atom stereocenters. The lowest BCUT2D eigenvalue weighted by molar-refractivity contribution is -0.114. The fourth-order valence-electron chi connectivity index (χ4n) is 1.23. The van der Waals surface area contributed by atoms with Gasteiger partial charge in [-0.1, -0.05) is 0 Å². The molecule has 17 heavy (non-hydrogen) atoms. The van der Waals surface area contributed by atoms with Crippen LogP contribution in [-0.2, 0) is 4.79 Å². The molecule has 0 fully saturated rings. The van der Waals surface area contributed by atoms with Crippen molar-refractivity contribution in [2.45, 2.75) is 6.92 Å². The summed E-state index contributed by atoms with van der Waals surface area (Å²) >= 11 is 0. The van der Waals surface area contributed by atoms with Crippen LogP contribution in [0, 0.1) is 0 Å². The Hall–Kier alpha value is -1.46. The van der Waals surface area contributed by atoms with Gasteiger partial charge >= 0.3 is 0 Å². The van der Waals surface area contributed by atoms with Gasteiger partial charge in [0.25, 0.3) is 0 Å². The van der Waals surface area contributed by atoms with E-state index >= 15 is 0 Å². The quantitative estimate of drug-likeness (QED) is 0.840. The third-order valence-corrected chi connectivity index (χ3v) is 1.93. The van der Waals surface area contributed by atoms with E-state index in [-0.39, 0.29) is 24.9 Å². The molecular weight excluding hydrogens is 244 g/mol. The summed E-state index contributed by atoms with van der Waals surface area (Å²) in [5, 5.41) is 2.64. The monoisotopic (exact) mass is 260 g/mol. The van der Waals surface area contributed by atoms with Crippen molar-refractivity contribution in [2.75, 3.05) is 25.6 Å². The van der Waals surface area contributed by atoms with Crippen molar-refractivity contribution < 1.29 is 14.3 Å². The first-order valence-corrected chi connectivity index (χ1v) is 5.02. The SMILES string of the molecule is CCOc1ccc(NC(=O)CN)cc1OC.Cl. The van der Waals surface area contributed by atoms with Gasteiger partial charge < -0.3 is 20.5 Å². The second kappa shape index (κ2) is 7.76. The van der Waals surface area contributed by atoms with Crippen LogP contribution in [0.25, 0.3) is 0 Å². The molecule has 0 aliphatic heterocycles. The van der Waals surface area contributed by atoms with Crippen LogP contribution in [0.15, 0.2) is 18.2 Å². The maximum Gasteiger partial charge on any atom is 0.238 e. The predicted octanol–water partition coefficient (Wildman–Crippen LogP) is 1.41. The van der Waals surface area contributed by atoms with E-state index in [0.29, 0.717) is 23.8 Å². The Morgan fingerprint density at radius 3 is 2.65 bits per heavy atom. The van der Waals surface area contributed by atoms with Gasteiger partial charge in [0.2, 0.25) is 5.91 Å². The van der Waals surface area contributed by atoms with Crippen molar-refractivity contribution in [1.29, 1.82) is 0 Å². The molecule has 0 bridgehead atoms. The number of nitrogens with one attached hydrogen (secondary N) is 1. The number of rotatable bonds is 5. The fourth-order valence-corrected chi connectivity index (χ4v) is 1.23. The largest absolute Gasteiger partial charge is 0.493 e. The smallest absolute Gasteiger partial charge is 0.238 e. The van der Waals surface area contributed by atoms with E-state index in [1.54, 1.807) is 25.3 Å². The molecule has 0 heterocycles. The van der Waals surface area contributed by atoms with Crippen molar-refractivity contribution in [2.24, 2.45) is 5.73 Å². The van der Waals surface area contributed by atoms with Crippen LogP contribution < -0.4 is 20.5 Å². The first-order chi connectivity index (χ1) is 7.71. The molecule has 0 atom stereocenters. The minimum Gasteiger partial charge on any atom is -0.493 e. The number of hydrogen-bond acceptors (Lipinski definition) is 4. The van der Waals surface area contributed by atoms with Crippen LogP contribution in [0.4, 0.5) is 5.69 Å². The number of amides is 1. The van der Waals surface area contributed by atoms with Crippen LogP contribution in [0.2, 0.25) is 0 Å². The zero-order valence-electron chi connectivity index (χ0n) is 9.86. The van der Waals surface area contributed by atoms with Crippen LogP contribution in [-0.4, -0.2) is 26.2 Å². The molecule has 5 nitrogen and oxygen atoms in total. The number of hydrogen-bond donors (Lipinski definition) is 2. The van der Waals surface area contributed by atoms with Crippen LogP contribution in [0.1, 0.15) is 6.92 Å². The van der Waals surface area contributed by atoms with Gasteiger partial charge in [0.1, 0.15) is 0 Å². The van der Waals surface area contributed by atoms with Crippen molar-refractivity contribution in [3.05, 3.63) is 18.2 Å². The highest BCUT2D eigenvalue weighted by atomic mass is 35.5. The third-order valence-electron chi connectivity index (χ3n) is 1.93. The van der Waals surface area contributed by atoms with Gasteiger partial charge in [-0.05, 0) is 19.1 Å². The van der Waals surface area contributed by atoms with Crippen LogP contribution in [0.3, 0.4) is 0 Å². The molecule has 3 N–H and O–H groups in total. The summed E-state index contributed by atoms with van der Waals surface area (Å²) in [4.78, 5) is 11.1. The van der Waals surface area contributed by atoms with Crippen molar-refractivity contribution >= 4 is 24.0 Å². The van der Waals surface area contributed by atoms with Crippen molar-refractivity contribution in [1.82, 2.24) is 0 Å². The number of carbonyl (C=O) groups is 1. The molecular formula is C11H17ClN2O3. The van der Waals surface area contributed by atoms with Crippen LogP contribution in [0.5, 0.6) is 11.5 Å². The van der Waals surface area contributed by atoms with E-state index in [4.69, 9.17) is 15.2 Å². The van der Waals surface area contributed by atoms with Crippen LogP contribution >= 0.6 is 12.4 Å². The second-order valence-corrected chi connectivity index (χ2v) is 3.05. The molecule has 1 amide bonds. The number of anilines is 1. The van der Waals surface area contributed by atoms with Crippen molar-refractivity contribution in [3.63, 3.8) is 0 Å². The number of methoxy groups -OCH3 is 1. The Balaban J connectivity index is 0.00000256. The second-order valence-electron chi connectivity index (χ2n) is 3.05. The van der Waals surface area contributed by atoms with E-state index in [9.17, 15) is 4.79 Å². The van der Waals surface area contributed by atoms with Gasteiger partial charge in [-0.2, -0.15) is 0 Å². The molecule has 0 radical (unpaired) electrons. The highest BCUT2D eigenvalue weighted by Gasteiger charge is 2.06. The fraction of sp³-hybridized carbons (Fsp3) is 0.364. The summed E-state index contributed by atoms with van der Waals surface area (Å²) in [7, 11) is 1.55. The summed E-state index contributed by atoms with van der Waals surface area (Å²) in [5.41, 5.74) is 5.84. The summed E-state index contributed by atoms with van der Waals surface area (Å²) in [6.07, 6.45) is 0. The zero-order valence-corrected chi connectivity index (χ0v) is 10.7. The number of ether oxygens (including phenoxy) is 2. The molecule has 96 valence electrons. The Kier molecular flexibility index (Phi) is 7.09. The Morgan fingerprint density at radius 1 is 1.41 bits per heavy atom. The molecule has 6 heteroatoms. The molecule has 0 saturated carbocycles. The van der Waals surface area contributed by atoms with Gasteiger partial charge in [-0.25, -0.2) is 0 Å². The number of halogens is 1. The lowest BCUT2D eigenvalue weighted by atomic mass is 10.2. The maximum absolute atomic E-state index is 11.1. The summed E-state index contributed by atoms with van der Waals surface area (Å²) in [6, 6.07) is 5.17. The molecule has 0 saturated heterocycles. The predicted molar refractivity (Wildman–Crippen MR) is 69.1 cm³/mol.